The number of urea groups is 1. The standard InChI is InChI=1S/C17H25BrN4O4S/c1-3-7-19-16(23)13(2)20-17(24)21-8-10-22(11-9-21)27(25,26)15-6-4-5-14(18)12-15/h4-6,12-13H,3,7-11H2,1-2H3,(H,19,23)(H,20,24)/t13-/m0/s1. The first-order valence-electron chi connectivity index (χ1n) is 8.84. The second-order valence-electron chi connectivity index (χ2n) is 6.31. The van der Waals surface area contributed by atoms with Gasteiger partial charge in [-0.25, -0.2) is 13.2 Å². The Morgan fingerprint density at radius 1 is 1.22 bits per heavy atom. The van der Waals surface area contributed by atoms with Crippen LogP contribution in [0.2, 0.25) is 0 Å². The van der Waals surface area contributed by atoms with Crippen molar-refractivity contribution in [3.63, 3.8) is 0 Å². The van der Waals surface area contributed by atoms with Crippen LogP contribution in [0.15, 0.2) is 33.6 Å². The number of carbonyl (C=O) groups is 2. The first-order chi connectivity index (χ1) is 12.8. The maximum absolute atomic E-state index is 12.7. The molecular formula is C17H25BrN4O4S. The predicted octanol–water partition coefficient (Wildman–Crippen LogP) is 1.38. The van der Waals surface area contributed by atoms with Gasteiger partial charge in [0.05, 0.1) is 4.90 Å². The van der Waals surface area contributed by atoms with Crippen LogP contribution < -0.4 is 10.6 Å². The first-order valence-corrected chi connectivity index (χ1v) is 11.1. The molecular weight excluding hydrogens is 436 g/mol. The van der Waals surface area contributed by atoms with E-state index in [9.17, 15) is 18.0 Å². The zero-order valence-corrected chi connectivity index (χ0v) is 17.8. The average molecular weight is 461 g/mol. The monoisotopic (exact) mass is 460 g/mol. The van der Waals surface area contributed by atoms with Crippen molar-refractivity contribution in [1.82, 2.24) is 19.8 Å². The van der Waals surface area contributed by atoms with Gasteiger partial charge in [-0.3, -0.25) is 4.79 Å². The lowest BCUT2D eigenvalue weighted by molar-refractivity contribution is -0.122. The van der Waals surface area contributed by atoms with E-state index < -0.39 is 16.1 Å². The van der Waals surface area contributed by atoms with Crippen molar-refractivity contribution in [1.29, 1.82) is 0 Å². The fourth-order valence-electron chi connectivity index (χ4n) is 2.65. The number of halogens is 1. The minimum atomic E-state index is -3.60. The summed E-state index contributed by atoms with van der Waals surface area (Å²) in [5.41, 5.74) is 0. The zero-order valence-electron chi connectivity index (χ0n) is 15.4. The van der Waals surface area contributed by atoms with E-state index in [4.69, 9.17) is 0 Å². The molecule has 1 aliphatic heterocycles. The van der Waals surface area contributed by atoms with Crippen LogP contribution in [0, 0.1) is 0 Å². The molecule has 8 nitrogen and oxygen atoms in total. The summed E-state index contributed by atoms with van der Waals surface area (Å²) >= 11 is 3.28. The molecule has 2 rings (SSSR count). The molecule has 0 spiro atoms. The number of hydrogen-bond acceptors (Lipinski definition) is 4. The summed E-state index contributed by atoms with van der Waals surface area (Å²) in [6.45, 7) is 5.08. The highest BCUT2D eigenvalue weighted by molar-refractivity contribution is 9.10. The van der Waals surface area contributed by atoms with Crippen LogP contribution in [-0.4, -0.2) is 68.3 Å². The predicted molar refractivity (Wildman–Crippen MR) is 106 cm³/mol. The van der Waals surface area contributed by atoms with Gasteiger partial charge in [-0.05, 0) is 31.5 Å². The highest BCUT2D eigenvalue weighted by Crippen LogP contribution is 2.21. The normalized spacial score (nSPS) is 16.6. The molecule has 0 bridgehead atoms. The van der Waals surface area contributed by atoms with Gasteiger partial charge in [0.25, 0.3) is 0 Å². The Balaban J connectivity index is 1.91. The molecule has 1 aromatic carbocycles. The van der Waals surface area contributed by atoms with Crippen molar-refractivity contribution >= 4 is 37.9 Å². The maximum atomic E-state index is 12.7. The number of benzene rings is 1. The molecule has 0 aliphatic carbocycles. The Morgan fingerprint density at radius 2 is 1.89 bits per heavy atom. The van der Waals surface area contributed by atoms with Crippen molar-refractivity contribution in [3.05, 3.63) is 28.7 Å². The van der Waals surface area contributed by atoms with Crippen LogP contribution in [0.4, 0.5) is 4.79 Å². The fraction of sp³-hybridized carbons (Fsp3) is 0.529. The molecule has 0 aromatic heterocycles. The van der Waals surface area contributed by atoms with E-state index in [0.717, 1.165) is 6.42 Å². The van der Waals surface area contributed by atoms with E-state index in [1.54, 1.807) is 31.2 Å². The fourth-order valence-corrected chi connectivity index (χ4v) is 4.67. The van der Waals surface area contributed by atoms with Crippen LogP contribution >= 0.6 is 15.9 Å². The van der Waals surface area contributed by atoms with Crippen molar-refractivity contribution < 1.29 is 18.0 Å². The van der Waals surface area contributed by atoms with Gasteiger partial charge >= 0.3 is 6.03 Å². The Morgan fingerprint density at radius 3 is 2.48 bits per heavy atom. The molecule has 150 valence electrons. The average Bonchev–Trinajstić information content (AvgIpc) is 2.66. The van der Waals surface area contributed by atoms with E-state index in [1.807, 2.05) is 6.92 Å². The third kappa shape index (κ3) is 5.66. The molecule has 1 aliphatic rings. The molecule has 2 N–H and O–H groups in total. The number of hydrogen-bond donors (Lipinski definition) is 2. The van der Waals surface area contributed by atoms with Crippen molar-refractivity contribution in [2.24, 2.45) is 0 Å². The molecule has 1 fully saturated rings. The highest BCUT2D eigenvalue weighted by Gasteiger charge is 2.31. The van der Waals surface area contributed by atoms with Crippen LogP contribution in [-0.2, 0) is 14.8 Å². The Kier molecular flexibility index (Phi) is 7.63. The van der Waals surface area contributed by atoms with Crippen molar-refractivity contribution in [2.75, 3.05) is 32.7 Å². The van der Waals surface area contributed by atoms with Gasteiger partial charge in [0.15, 0.2) is 0 Å². The lowest BCUT2D eigenvalue weighted by atomic mass is 10.3. The third-order valence-electron chi connectivity index (χ3n) is 4.24. The summed E-state index contributed by atoms with van der Waals surface area (Å²) in [4.78, 5) is 25.9. The van der Waals surface area contributed by atoms with Crippen molar-refractivity contribution in [3.8, 4) is 0 Å². The lowest BCUT2D eigenvalue weighted by Gasteiger charge is -2.34. The molecule has 27 heavy (non-hydrogen) atoms. The Bertz CT molecular complexity index is 779. The van der Waals surface area contributed by atoms with E-state index in [0.29, 0.717) is 11.0 Å². The highest BCUT2D eigenvalue weighted by atomic mass is 79.9. The number of nitrogens with zero attached hydrogens (tertiary/aromatic N) is 2. The molecule has 0 radical (unpaired) electrons. The molecule has 3 amide bonds. The van der Waals surface area contributed by atoms with Gasteiger partial charge in [-0.15, -0.1) is 0 Å². The molecule has 1 atom stereocenters. The van der Waals surface area contributed by atoms with Crippen LogP contribution in [0.1, 0.15) is 20.3 Å². The third-order valence-corrected chi connectivity index (χ3v) is 6.63. The number of piperazine rings is 1. The second-order valence-corrected chi connectivity index (χ2v) is 9.16. The number of sulfonamides is 1. The minimum Gasteiger partial charge on any atom is -0.354 e. The van der Waals surface area contributed by atoms with E-state index in [1.165, 1.54) is 9.21 Å². The number of rotatable bonds is 6. The molecule has 1 saturated heterocycles. The molecule has 0 saturated carbocycles. The summed E-state index contributed by atoms with van der Waals surface area (Å²) < 4.78 is 27.5. The van der Waals surface area contributed by atoms with Crippen LogP contribution in [0.3, 0.4) is 0 Å². The zero-order chi connectivity index (χ0) is 20.0. The molecule has 1 heterocycles. The van der Waals surface area contributed by atoms with Gasteiger partial charge in [0.2, 0.25) is 15.9 Å². The smallest absolute Gasteiger partial charge is 0.318 e. The summed E-state index contributed by atoms with van der Waals surface area (Å²) in [7, 11) is -3.60. The minimum absolute atomic E-state index is 0.207. The lowest BCUT2D eigenvalue weighted by Crippen LogP contribution is -2.56. The van der Waals surface area contributed by atoms with E-state index in [2.05, 4.69) is 26.6 Å². The summed E-state index contributed by atoms with van der Waals surface area (Å²) in [6.07, 6.45) is 0.820. The summed E-state index contributed by atoms with van der Waals surface area (Å²) in [5, 5.41) is 5.38. The first kappa shape index (κ1) is 21.6. The molecule has 0 unspecified atom stereocenters. The van der Waals surface area contributed by atoms with Crippen LogP contribution in [0.5, 0.6) is 0 Å². The van der Waals surface area contributed by atoms with E-state index >= 15 is 0 Å². The Labute approximate surface area is 168 Å². The van der Waals surface area contributed by atoms with Gasteiger partial charge in [0.1, 0.15) is 6.04 Å². The Hall–Kier alpha value is -1.65. The SMILES string of the molecule is CCCNC(=O)[C@H](C)NC(=O)N1CCN(S(=O)(=O)c2cccc(Br)c2)CC1. The van der Waals surface area contributed by atoms with Gasteiger partial charge < -0.3 is 15.5 Å². The summed E-state index contributed by atoms with van der Waals surface area (Å²) in [6, 6.07) is 5.53. The van der Waals surface area contributed by atoms with Gasteiger partial charge in [0, 0.05) is 37.2 Å². The second kappa shape index (κ2) is 9.52. The number of carbonyl (C=O) groups excluding carboxylic acids is 2. The van der Waals surface area contributed by atoms with Gasteiger partial charge in [-0.2, -0.15) is 4.31 Å². The van der Waals surface area contributed by atoms with Crippen LogP contribution in [0.25, 0.3) is 0 Å². The van der Waals surface area contributed by atoms with Crippen molar-refractivity contribution in [2.45, 2.75) is 31.2 Å². The van der Waals surface area contributed by atoms with Gasteiger partial charge in [-0.1, -0.05) is 28.9 Å². The quantitative estimate of drug-likeness (QED) is 0.669. The number of amides is 3. The maximum Gasteiger partial charge on any atom is 0.318 e. The summed E-state index contributed by atoms with van der Waals surface area (Å²) in [5.74, 6) is -0.235. The van der Waals surface area contributed by atoms with E-state index in [-0.39, 0.29) is 43.0 Å². The molecule has 10 heteroatoms. The number of nitrogens with one attached hydrogen (secondary N) is 2. The molecule has 1 aromatic rings. The largest absolute Gasteiger partial charge is 0.354 e. The topological polar surface area (TPSA) is 98.8 Å².